The van der Waals surface area contributed by atoms with Gasteiger partial charge in [0.15, 0.2) is 17.2 Å². The third-order valence-corrected chi connectivity index (χ3v) is 6.89. The number of amides is 1. The van der Waals surface area contributed by atoms with Crippen molar-refractivity contribution in [3.05, 3.63) is 70.0 Å². The Morgan fingerprint density at radius 1 is 1.28 bits per heavy atom. The van der Waals surface area contributed by atoms with E-state index in [1.165, 1.54) is 40.9 Å². The first-order chi connectivity index (χ1) is 15.4. The average Bonchev–Trinajstić information content (AvgIpc) is 3.17. The Balaban J connectivity index is 1.73. The van der Waals surface area contributed by atoms with Gasteiger partial charge in [-0.2, -0.15) is 5.26 Å². The second-order valence-electron chi connectivity index (χ2n) is 7.69. The first-order valence-electron chi connectivity index (χ1n) is 10.3. The molecule has 2 heterocycles. The molecule has 2 aromatic rings. The fourth-order valence-corrected chi connectivity index (χ4v) is 5.43. The molecule has 2 atom stereocenters. The Morgan fingerprint density at radius 3 is 2.69 bits per heavy atom. The number of carbonyl (C=O) groups excluding carboxylic acids is 1. The highest BCUT2D eigenvalue weighted by Crippen LogP contribution is 2.52. The van der Waals surface area contributed by atoms with Gasteiger partial charge in [0.05, 0.1) is 36.1 Å². The summed E-state index contributed by atoms with van der Waals surface area (Å²) in [4.78, 5) is 14.5. The minimum atomic E-state index is -1.63. The van der Waals surface area contributed by atoms with Gasteiger partial charge < -0.3 is 14.6 Å². The van der Waals surface area contributed by atoms with Crippen molar-refractivity contribution in [1.29, 1.82) is 5.26 Å². The minimum Gasteiger partial charge on any atom is -0.493 e. The number of nitriles is 1. The average molecular weight is 455 g/mol. The molecule has 4 rings (SSSR count). The van der Waals surface area contributed by atoms with Gasteiger partial charge in [0.1, 0.15) is 5.82 Å². The van der Waals surface area contributed by atoms with Crippen LogP contribution in [0.5, 0.6) is 11.5 Å². The van der Waals surface area contributed by atoms with Crippen LogP contribution >= 0.6 is 11.8 Å². The summed E-state index contributed by atoms with van der Waals surface area (Å²) >= 11 is 1.25. The summed E-state index contributed by atoms with van der Waals surface area (Å²) < 4.78 is 24.6. The van der Waals surface area contributed by atoms with Crippen LogP contribution in [0.25, 0.3) is 0 Å². The van der Waals surface area contributed by atoms with Crippen LogP contribution in [-0.2, 0) is 10.5 Å². The topological polar surface area (TPSA) is 82.8 Å². The van der Waals surface area contributed by atoms with Gasteiger partial charge in [0.2, 0.25) is 5.91 Å². The molecule has 1 saturated heterocycles. The van der Waals surface area contributed by atoms with Crippen molar-refractivity contribution in [2.75, 3.05) is 19.5 Å². The molecule has 0 saturated carbocycles. The first-order valence-corrected chi connectivity index (χ1v) is 11.3. The number of hydrogen-bond donors (Lipinski definition) is 1. The Labute approximate surface area is 190 Å². The molecule has 2 aromatic carbocycles. The predicted molar refractivity (Wildman–Crippen MR) is 118 cm³/mol. The van der Waals surface area contributed by atoms with E-state index in [4.69, 9.17) is 9.47 Å². The second-order valence-corrected chi connectivity index (χ2v) is 8.65. The molecule has 0 unspecified atom stereocenters. The monoisotopic (exact) mass is 454 g/mol. The number of ether oxygens (including phenoxy) is 2. The Hall–Kier alpha value is -3.02. The zero-order valence-electron chi connectivity index (χ0n) is 17.8. The van der Waals surface area contributed by atoms with Crippen molar-refractivity contribution in [2.45, 2.75) is 31.4 Å². The van der Waals surface area contributed by atoms with Crippen LogP contribution in [-0.4, -0.2) is 35.4 Å². The van der Waals surface area contributed by atoms with Crippen molar-refractivity contribution < 1.29 is 23.8 Å². The molecule has 0 spiro atoms. The van der Waals surface area contributed by atoms with E-state index in [9.17, 15) is 19.6 Å². The minimum absolute atomic E-state index is 0.0226. The van der Waals surface area contributed by atoms with Gasteiger partial charge in [-0.1, -0.05) is 25.1 Å². The lowest BCUT2D eigenvalue weighted by Crippen LogP contribution is -2.48. The summed E-state index contributed by atoms with van der Waals surface area (Å²) in [5, 5.41) is 21.8. The van der Waals surface area contributed by atoms with E-state index < -0.39 is 17.5 Å². The highest BCUT2D eigenvalue weighted by atomic mass is 32.2. The van der Waals surface area contributed by atoms with Gasteiger partial charge in [-0.25, -0.2) is 4.39 Å². The highest BCUT2D eigenvalue weighted by Gasteiger charge is 2.51. The molecule has 166 valence electrons. The molecule has 2 aliphatic heterocycles. The maximum Gasteiger partial charge on any atom is 0.231 e. The van der Waals surface area contributed by atoms with Crippen molar-refractivity contribution in [3.8, 4) is 17.6 Å². The number of nitrogens with zero attached hydrogens (tertiary/aromatic N) is 2. The van der Waals surface area contributed by atoms with Gasteiger partial charge in [-0.15, -0.1) is 11.8 Å². The number of hydrogen-bond acceptors (Lipinski definition) is 6. The van der Waals surface area contributed by atoms with Crippen LogP contribution < -0.4 is 9.47 Å². The molecule has 0 aliphatic carbocycles. The van der Waals surface area contributed by atoms with E-state index in [0.717, 1.165) is 12.0 Å². The Bertz CT molecular complexity index is 1110. The number of rotatable bonds is 6. The van der Waals surface area contributed by atoms with Crippen LogP contribution in [0.15, 0.2) is 53.1 Å². The number of thioether (sulfide) groups is 1. The molecule has 2 aliphatic rings. The third-order valence-electron chi connectivity index (χ3n) is 5.67. The molecule has 32 heavy (non-hydrogen) atoms. The van der Waals surface area contributed by atoms with E-state index in [1.807, 2.05) is 13.0 Å². The number of carbonyl (C=O) groups is 1. The van der Waals surface area contributed by atoms with Crippen LogP contribution in [0.4, 0.5) is 4.39 Å². The molecule has 1 fully saturated rings. The van der Waals surface area contributed by atoms with Gasteiger partial charge in [-0.3, -0.25) is 9.69 Å². The number of methoxy groups -OCH3 is 1. The fraction of sp³-hybridized carbons (Fsp3) is 0.333. The zero-order chi connectivity index (χ0) is 22.9. The summed E-state index contributed by atoms with van der Waals surface area (Å²) in [6.45, 7) is 2.57. The molecule has 8 heteroatoms. The van der Waals surface area contributed by atoms with Gasteiger partial charge in [-0.05, 0) is 36.2 Å². The zero-order valence-corrected chi connectivity index (χ0v) is 18.6. The number of aliphatic hydroxyl groups is 1. The van der Waals surface area contributed by atoms with E-state index in [2.05, 4.69) is 6.07 Å². The molecule has 0 aromatic heterocycles. The van der Waals surface area contributed by atoms with Crippen LogP contribution in [0.1, 0.15) is 36.8 Å². The largest absolute Gasteiger partial charge is 0.493 e. The molecule has 0 radical (unpaired) electrons. The number of allylic oxidation sites excluding steroid dienone is 1. The molecule has 1 N–H and O–H groups in total. The van der Waals surface area contributed by atoms with Crippen LogP contribution in [0.2, 0.25) is 0 Å². The smallest absolute Gasteiger partial charge is 0.231 e. The van der Waals surface area contributed by atoms with Crippen LogP contribution in [0.3, 0.4) is 0 Å². The quantitative estimate of drug-likeness (QED) is 0.702. The molecular weight excluding hydrogens is 431 g/mol. The van der Waals surface area contributed by atoms with E-state index in [1.54, 1.807) is 19.2 Å². The van der Waals surface area contributed by atoms with E-state index >= 15 is 0 Å². The third kappa shape index (κ3) is 3.72. The number of halogens is 1. The lowest BCUT2D eigenvalue weighted by atomic mass is 9.85. The molecular formula is C24H23FN2O4S. The maximum atomic E-state index is 13.4. The SMILES string of the molecule is CCCOc1ccc([C@@H]2CC(=O)N3C(=C2C#N)SC[C@]3(O)c2ccc(F)cc2)cc1OC. The van der Waals surface area contributed by atoms with Crippen molar-refractivity contribution >= 4 is 17.7 Å². The Morgan fingerprint density at radius 2 is 2.03 bits per heavy atom. The molecule has 0 bridgehead atoms. The fourth-order valence-electron chi connectivity index (χ4n) is 4.07. The van der Waals surface area contributed by atoms with E-state index in [0.29, 0.717) is 34.3 Å². The summed E-state index contributed by atoms with van der Waals surface area (Å²) in [7, 11) is 1.55. The lowest BCUT2D eigenvalue weighted by Gasteiger charge is -2.38. The standard InChI is InChI=1S/C24H23FN2O4S/c1-3-10-31-20-9-4-15(11-21(20)30-2)18-12-22(28)27-23(19(18)13-26)32-14-24(27,29)16-5-7-17(25)8-6-16/h4-9,11,18,29H,3,10,12,14H2,1-2H3/t18-,24-/m0/s1. The predicted octanol–water partition coefficient (Wildman–Crippen LogP) is 4.27. The molecule has 1 amide bonds. The number of fused-ring (bicyclic) bond motifs is 1. The van der Waals surface area contributed by atoms with E-state index in [-0.39, 0.29) is 18.1 Å². The van der Waals surface area contributed by atoms with Crippen molar-refractivity contribution in [1.82, 2.24) is 4.90 Å². The van der Waals surface area contributed by atoms with Crippen LogP contribution in [0, 0.1) is 17.1 Å². The summed E-state index contributed by atoms with van der Waals surface area (Å²) in [6, 6.07) is 13.1. The first kappa shape index (κ1) is 22.2. The summed E-state index contributed by atoms with van der Waals surface area (Å²) in [5.41, 5.74) is -0.0463. The van der Waals surface area contributed by atoms with Crippen molar-refractivity contribution in [3.63, 3.8) is 0 Å². The maximum absolute atomic E-state index is 13.4. The van der Waals surface area contributed by atoms with Gasteiger partial charge in [0.25, 0.3) is 0 Å². The summed E-state index contributed by atoms with van der Waals surface area (Å²) in [6.07, 6.45) is 0.880. The Kier molecular flexibility index (Phi) is 6.13. The summed E-state index contributed by atoms with van der Waals surface area (Å²) in [5.74, 6) is 0.109. The van der Waals surface area contributed by atoms with Gasteiger partial charge >= 0.3 is 0 Å². The highest BCUT2D eigenvalue weighted by molar-refractivity contribution is 8.03. The van der Waals surface area contributed by atoms with Crippen molar-refractivity contribution in [2.24, 2.45) is 0 Å². The molecule has 6 nitrogen and oxygen atoms in total. The second kappa shape index (κ2) is 8.85. The lowest BCUT2D eigenvalue weighted by molar-refractivity contribution is -0.149. The normalized spacial score (nSPS) is 22.5. The van der Waals surface area contributed by atoms with Gasteiger partial charge in [0, 0.05) is 17.9 Å². The number of benzene rings is 2.